The fourth-order valence-electron chi connectivity index (χ4n) is 3.84. The van der Waals surface area contributed by atoms with Crippen LogP contribution in [0.1, 0.15) is 34.8 Å². The molecule has 1 aliphatic rings. The smallest absolute Gasteiger partial charge is 0.410 e. The molecule has 0 aliphatic carbocycles. The molecule has 1 aliphatic heterocycles. The molecule has 0 bridgehead atoms. The number of nitriles is 1. The second-order valence-electron chi connectivity index (χ2n) is 7.02. The van der Waals surface area contributed by atoms with E-state index in [-0.39, 0.29) is 0 Å². The number of carbonyl (C=O) groups is 1. The van der Waals surface area contributed by atoms with Crippen molar-refractivity contribution in [3.63, 3.8) is 0 Å². The summed E-state index contributed by atoms with van der Waals surface area (Å²) in [4.78, 5) is 22.9. The first-order valence-corrected chi connectivity index (χ1v) is 9.62. The predicted molar refractivity (Wildman–Crippen MR) is 108 cm³/mol. The van der Waals surface area contributed by atoms with Crippen molar-refractivity contribution >= 4 is 6.09 Å². The minimum Gasteiger partial charge on any atom is -0.449 e. The minimum absolute atomic E-state index is 0.333. The Morgan fingerprint density at radius 3 is 2.70 bits per heavy atom. The van der Waals surface area contributed by atoms with E-state index >= 15 is 0 Å². The third kappa shape index (κ3) is 3.49. The number of aliphatic hydroxyl groups is 1. The summed E-state index contributed by atoms with van der Waals surface area (Å²) in [6.45, 7) is 0.736. The molecule has 2 unspecified atom stereocenters. The SMILES string of the molecule is N#Cc1cccc(C(O)(c2cccnc2)C(c2ccccn2)N2CCCOC2=O)c1. The lowest BCUT2D eigenvalue weighted by molar-refractivity contribution is -0.0375. The normalized spacial score (nSPS) is 16.8. The number of aromatic nitrogens is 2. The lowest BCUT2D eigenvalue weighted by Gasteiger charge is -2.43. The third-order valence-corrected chi connectivity index (χ3v) is 5.21. The molecule has 1 amide bonds. The van der Waals surface area contributed by atoms with Gasteiger partial charge < -0.3 is 9.84 Å². The Hall–Kier alpha value is -3.76. The molecule has 7 nitrogen and oxygen atoms in total. The Balaban J connectivity index is 1.98. The highest BCUT2D eigenvalue weighted by molar-refractivity contribution is 5.69. The van der Waals surface area contributed by atoms with E-state index in [0.717, 1.165) is 0 Å². The summed E-state index contributed by atoms with van der Waals surface area (Å²) in [7, 11) is 0. The van der Waals surface area contributed by atoms with Gasteiger partial charge in [0.25, 0.3) is 0 Å². The van der Waals surface area contributed by atoms with Gasteiger partial charge >= 0.3 is 6.09 Å². The van der Waals surface area contributed by atoms with E-state index in [1.807, 2.05) is 0 Å². The number of hydrogen-bond donors (Lipinski definition) is 1. The molecular formula is C23H20N4O3. The van der Waals surface area contributed by atoms with Crippen molar-refractivity contribution in [1.82, 2.24) is 14.9 Å². The van der Waals surface area contributed by atoms with Crippen molar-refractivity contribution in [1.29, 1.82) is 5.26 Å². The monoisotopic (exact) mass is 400 g/mol. The van der Waals surface area contributed by atoms with Crippen LogP contribution >= 0.6 is 0 Å². The second-order valence-corrected chi connectivity index (χ2v) is 7.02. The number of nitrogens with zero attached hydrogens (tertiary/aromatic N) is 4. The molecule has 1 aromatic carbocycles. The minimum atomic E-state index is -1.72. The van der Waals surface area contributed by atoms with E-state index < -0.39 is 17.7 Å². The van der Waals surface area contributed by atoms with E-state index in [4.69, 9.17) is 4.74 Å². The zero-order valence-electron chi connectivity index (χ0n) is 16.2. The van der Waals surface area contributed by atoms with Crippen molar-refractivity contribution < 1.29 is 14.6 Å². The van der Waals surface area contributed by atoms with Gasteiger partial charge in [0.1, 0.15) is 11.6 Å². The van der Waals surface area contributed by atoms with Gasteiger partial charge in [0, 0.05) is 30.7 Å². The molecule has 3 aromatic rings. The lowest BCUT2D eigenvalue weighted by atomic mass is 9.78. The summed E-state index contributed by atoms with van der Waals surface area (Å²) in [5.41, 5.74) is 0.129. The fraction of sp³-hybridized carbons (Fsp3) is 0.217. The fourth-order valence-corrected chi connectivity index (χ4v) is 3.84. The second kappa shape index (κ2) is 8.31. The molecule has 1 saturated heterocycles. The van der Waals surface area contributed by atoms with Crippen LogP contribution in [0.15, 0.2) is 73.2 Å². The highest BCUT2D eigenvalue weighted by Gasteiger charge is 2.48. The molecule has 3 heterocycles. The zero-order valence-corrected chi connectivity index (χ0v) is 16.2. The van der Waals surface area contributed by atoms with Crippen LogP contribution < -0.4 is 0 Å². The average molecular weight is 400 g/mol. The first-order valence-electron chi connectivity index (χ1n) is 9.62. The molecule has 2 atom stereocenters. The number of hydrogen-bond acceptors (Lipinski definition) is 6. The van der Waals surface area contributed by atoms with Crippen LogP contribution in [0.25, 0.3) is 0 Å². The molecule has 1 N–H and O–H groups in total. The lowest BCUT2D eigenvalue weighted by Crippen LogP contribution is -2.50. The molecule has 1 fully saturated rings. The standard InChI is InChI=1S/C23H20N4O3/c24-15-17-6-3-7-18(14-17)23(29,19-8-4-10-25-16-19)21(20-9-1-2-11-26-20)27-12-5-13-30-22(27)28/h1-4,6-11,14,16,21,29H,5,12-13H2. The molecule has 0 saturated carbocycles. The molecule has 2 aromatic heterocycles. The third-order valence-electron chi connectivity index (χ3n) is 5.21. The molecule has 0 spiro atoms. The summed E-state index contributed by atoms with van der Waals surface area (Å²) in [6, 6.07) is 16.8. The number of cyclic esters (lactones) is 1. The van der Waals surface area contributed by atoms with Crippen LogP contribution in [0, 0.1) is 11.3 Å². The summed E-state index contributed by atoms with van der Waals surface area (Å²) in [6.07, 6.45) is 4.91. The van der Waals surface area contributed by atoms with Crippen LogP contribution in [0.5, 0.6) is 0 Å². The Labute approximate surface area is 174 Å². The topological polar surface area (TPSA) is 99.3 Å². The van der Waals surface area contributed by atoms with Gasteiger partial charge in [-0.1, -0.05) is 24.3 Å². The number of rotatable bonds is 5. The van der Waals surface area contributed by atoms with Gasteiger partial charge in [0.15, 0.2) is 0 Å². The Bertz CT molecular complexity index is 1070. The highest BCUT2D eigenvalue weighted by Crippen LogP contribution is 2.44. The van der Waals surface area contributed by atoms with Gasteiger partial charge in [-0.3, -0.25) is 14.9 Å². The Morgan fingerprint density at radius 1 is 1.13 bits per heavy atom. The number of carbonyl (C=O) groups excluding carboxylic acids is 1. The maximum Gasteiger partial charge on any atom is 0.410 e. The van der Waals surface area contributed by atoms with E-state index in [0.29, 0.717) is 42.0 Å². The molecule has 0 radical (unpaired) electrons. The first-order chi connectivity index (χ1) is 14.6. The van der Waals surface area contributed by atoms with Crippen LogP contribution in [0.2, 0.25) is 0 Å². The largest absolute Gasteiger partial charge is 0.449 e. The molecule has 30 heavy (non-hydrogen) atoms. The van der Waals surface area contributed by atoms with Crippen molar-refractivity contribution in [2.75, 3.05) is 13.2 Å². The molecule has 7 heteroatoms. The van der Waals surface area contributed by atoms with E-state index in [9.17, 15) is 15.2 Å². The van der Waals surface area contributed by atoms with Crippen molar-refractivity contribution in [3.05, 3.63) is 95.6 Å². The zero-order chi connectivity index (χ0) is 21.0. The Kier molecular flexibility index (Phi) is 5.42. The van der Waals surface area contributed by atoms with Crippen molar-refractivity contribution in [3.8, 4) is 6.07 Å². The number of pyridine rings is 2. The van der Waals surface area contributed by atoms with Crippen molar-refractivity contribution in [2.45, 2.75) is 18.1 Å². The van der Waals surface area contributed by atoms with Crippen LogP contribution in [-0.4, -0.2) is 39.2 Å². The molecular weight excluding hydrogens is 380 g/mol. The van der Waals surface area contributed by atoms with Gasteiger partial charge in [0.05, 0.1) is 23.9 Å². The van der Waals surface area contributed by atoms with E-state index in [1.165, 1.54) is 4.90 Å². The molecule has 150 valence electrons. The number of benzene rings is 1. The van der Waals surface area contributed by atoms with Gasteiger partial charge in [-0.05, 0) is 42.3 Å². The van der Waals surface area contributed by atoms with E-state index in [1.54, 1.807) is 73.2 Å². The quantitative estimate of drug-likeness (QED) is 0.706. The van der Waals surface area contributed by atoms with Crippen LogP contribution in [0.3, 0.4) is 0 Å². The molecule has 4 rings (SSSR count). The maximum atomic E-state index is 12.7. The van der Waals surface area contributed by atoms with Crippen LogP contribution in [0.4, 0.5) is 4.79 Å². The summed E-state index contributed by atoms with van der Waals surface area (Å²) in [5, 5.41) is 21.7. The van der Waals surface area contributed by atoms with Gasteiger partial charge in [-0.15, -0.1) is 0 Å². The Morgan fingerprint density at radius 2 is 2.00 bits per heavy atom. The predicted octanol–water partition coefficient (Wildman–Crippen LogP) is 3.17. The average Bonchev–Trinajstić information content (AvgIpc) is 2.81. The van der Waals surface area contributed by atoms with Crippen molar-refractivity contribution in [2.24, 2.45) is 0 Å². The first kappa shape index (κ1) is 19.6. The van der Waals surface area contributed by atoms with Gasteiger partial charge in [-0.2, -0.15) is 5.26 Å². The maximum absolute atomic E-state index is 12.7. The highest BCUT2D eigenvalue weighted by atomic mass is 16.6. The number of ether oxygens (including phenoxy) is 1. The van der Waals surface area contributed by atoms with Gasteiger partial charge in [0.2, 0.25) is 0 Å². The van der Waals surface area contributed by atoms with Gasteiger partial charge in [-0.25, -0.2) is 4.79 Å². The number of amides is 1. The van der Waals surface area contributed by atoms with E-state index in [2.05, 4.69) is 16.0 Å². The summed E-state index contributed by atoms with van der Waals surface area (Å²) < 4.78 is 5.28. The van der Waals surface area contributed by atoms with Crippen LogP contribution in [-0.2, 0) is 10.3 Å². The summed E-state index contributed by atoms with van der Waals surface area (Å²) in [5.74, 6) is 0. The summed E-state index contributed by atoms with van der Waals surface area (Å²) >= 11 is 0.